The maximum Gasteiger partial charge on any atom is 0.116 e. The third-order valence-electron chi connectivity index (χ3n) is 3.15. The third kappa shape index (κ3) is 2.56. The van der Waals surface area contributed by atoms with Crippen LogP contribution in [0.1, 0.15) is 13.8 Å². The summed E-state index contributed by atoms with van der Waals surface area (Å²) in [6.45, 7) is 8.85. The monoisotopic (exact) mass is 215 g/mol. The van der Waals surface area contributed by atoms with Crippen LogP contribution in [0.4, 0.5) is 5.69 Å². The Balaban J connectivity index is 1.99. The van der Waals surface area contributed by atoms with Gasteiger partial charge < -0.3 is 4.90 Å². The van der Waals surface area contributed by atoms with Crippen molar-refractivity contribution in [2.75, 3.05) is 31.1 Å². The molecule has 1 aliphatic heterocycles. The highest BCUT2D eigenvalue weighted by atomic mass is 15.3. The summed E-state index contributed by atoms with van der Waals surface area (Å²) < 4.78 is 0. The highest BCUT2D eigenvalue weighted by Crippen LogP contribution is 2.14. The van der Waals surface area contributed by atoms with E-state index in [-0.39, 0.29) is 0 Å². The van der Waals surface area contributed by atoms with E-state index < -0.39 is 0 Å². The van der Waals surface area contributed by atoms with Gasteiger partial charge in [-0.15, -0.1) is 0 Å². The Morgan fingerprint density at radius 3 is 2.44 bits per heavy atom. The van der Waals surface area contributed by atoms with Gasteiger partial charge in [0.15, 0.2) is 0 Å². The van der Waals surface area contributed by atoms with Crippen LogP contribution in [0.5, 0.6) is 0 Å². The molecule has 0 spiro atoms. The molecule has 16 heavy (non-hydrogen) atoms. The van der Waals surface area contributed by atoms with Gasteiger partial charge in [0, 0.05) is 38.4 Å². The van der Waals surface area contributed by atoms with Crippen LogP contribution in [0, 0.1) is 0 Å². The molecule has 1 aromatic heterocycles. The molecule has 84 valence electrons. The van der Waals surface area contributed by atoms with E-state index in [9.17, 15) is 0 Å². The number of aromatic nitrogens is 1. The molecule has 3 nitrogen and oxygen atoms in total. The van der Waals surface area contributed by atoms with Gasteiger partial charge in [-0.2, -0.15) is 0 Å². The van der Waals surface area contributed by atoms with E-state index >= 15 is 0 Å². The lowest BCUT2D eigenvalue weighted by molar-refractivity contribution is 0.209. The number of hydrogen-bond donors (Lipinski definition) is 0. The second-order valence-corrected chi connectivity index (χ2v) is 4.59. The van der Waals surface area contributed by atoms with Crippen LogP contribution in [0.2, 0.25) is 0 Å². The first-order chi connectivity index (χ1) is 7.66. The lowest BCUT2D eigenvalue weighted by Crippen LogP contribution is -2.49. The fraction of sp³-hybridized carbons (Fsp3) is 0.583. The van der Waals surface area contributed by atoms with Crippen molar-refractivity contribution in [3.8, 4) is 0 Å². The SMILES string of the molecule is [B]c1cncc(N2CCN(C(C)C)CC2)c1. The molecule has 0 N–H and O–H groups in total. The van der Waals surface area contributed by atoms with E-state index in [2.05, 4.69) is 28.6 Å². The van der Waals surface area contributed by atoms with Crippen LogP contribution in [-0.4, -0.2) is 50.0 Å². The first kappa shape index (κ1) is 11.5. The van der Waals surface area contributed by atoms with Gasteiger partial charge in [0.05, 0.1) is 11.9 Å². The summed E-state index contributed by atoms with van der Waals surface area (Å²) in [4.78, 5) is 8.98. The van der Waals surface area contributed by atoms with Gasteiger partial charge in [-0.3, -0.25) is 9.88 Å². The second kappa shape index (κ2) is 4.87. The fourth-order valence-corrected chi connectivity index (χ4v) is 2.11. The van der Waals surface area contributed by atoms with E-state index in [0.29, 0.717) is 6.04 Å². The molecule has 1 fully saturated rings. The number of anilines is 1. The van der Waals surface area contributed by atoms with Crippen molar-refractivity contribution in [3.05, 3.63) is 18.5 Å². The Morgan fingerprint density at radius 1 is 1.19 bits per heavy atom. The Labute approximate surface area is 98.9 Å². The molecular weight excluding hydrogens is 197 g/mol. The van der Waals surface area contributed by atoms with Crippen LogP contribution >= 0.6 is 0 Å². The van der Waals surface area contributed by atoms with Crippen LogP contribution in [0.15, 0.2) is 18.5 Å². The molecule has 0 amide bonds. The molecule has 0 bridgehead atoms. The maximum atomic E-state index is 5.74. The quantitative estimate of drug-likeness (QED) is 0.666. The predicted molar refractivity (Wildman–Crippen MR) is 68.5 cm³/mol. The molecule has 0 aliphatic carbocycles. The molecule has 1 saturated heterocycles. The van der Waals surface area contributed by atoms with E-state index in [1.165, 1.54) is 0 Å². The summed E-state index contributed by atoms with van der Waals surface area (Å²) >= 11 is 0. The van der Waals surface area contributed by atoms with Gasteiger partial charge in [-0.05, 0) is 19.9 Å². The molecule has 0 saturated carbocycles. The van der Waals surface area contributed by atoms with Crippen molar-refractivity contribution in [2.45, 2.75) is 19.9 Å². The third-order valence-corrected chi connectivity index (χ3v) is 3.15. The number of pyridine rings is 1. The Bertz CT molecular complexity index is 346. The Morgan fingerprint density at radius 2 is 1.88 bits per heavy atom. The van der Waals surface area contributed by atoms with Crippen molar-refractivity contribution in [1.82, 2.24) is 9.88 Å². The van der Waals surface area contributed by atoms with E-state index in [1.54, 1.807) is 6.20 Å². The van der Waals surface area contributed by atoms with Gasteiger partial charge in [-0.1, -0.05) is 5.46 Å². The van der Waals surface area contributed by atoms with Crippen LogP contribution < -0.4 is 10.4 Å². The molecule has 2 rings (SSSR count). The smallest absolute Gasteiger partial charge is 0.116 e. The lowest BCUT2D eigenvalue weighted by atomic mass is 9.98. The van der Waals surface area contributed by atoms with Crippen molar-refractivity contribution in [3.63, 3.8) is 0 Å². The zero-order valence-electron chi connectivity index (χ0n) is 10.1. The minimum Gasteiger partial charge on any atom is -0.368 e. The van der Waals surface area contributed by atoms with E-state index in [0.717, 1.165) is 37.3 Å². The summed E-state index contributed by atoms with van der Waals surface area (Å²) in [5, 5.41) is 0. The van der Waals surface area contributed by atoms with Crippen molar-refractivity contribution in [1.29, 1.82) is 0 Å². The largest absolute Gasteiger partial charge is 0.368 e. The standard InChI is InChI=1S/C12H18BN3/c1-10(2)15-3-5-16(6-4-15)12-7-11(13)8-14-9-12/h7-10H,3-6H2,1-2H3. The summed E-state index contributed by atoms with van der Waals surface area (Å²) in [5.74, 6) is 0. The highest BCUT2D eigenvalue weighted by molar-refractivity contribution is 6.32. The molecule has 2 radical (unpaired) electrons. The topological polar surface area (TPSA) is 19.4 Å². The summed E-state index contributed by atoms with van der Waals surface area (Å²) in [5.41, 5.74) is 1.88. The zero-order chi connectivity index (χ0) is 11.5. The number of hydrogen-bond acceptors (Lipinski definition) is 3. The summed E-state index contributed by atoms with van der Waals surface area (Å²) in [7, 11) is 5.74. The molecule has 0 atom stereocenters. The predicted octanol–water partition coefficient (Wildman–Crippen LogP) is 0.406. The van der Waals surface area contributed by atoms with Gasteiger partial charge in [0.1, 0.15) is 7.85 Å². The first-order valence-corrected chi connectivity index (χ1v) is 5.86. The molecular formula is C12H18BN3. The second-order valence-electron chi connectivity index (χ2n) is 4.59. The lowest BCUT2D eigenvalue weighted by Gasteiger charge is -2.38. The van der Waals surface area contributed by atoms with Crippen molar-refractivity contribution >= 4 is 19.0 Å². The van der Waals surface area contributed by atoms with Crippen LogP contribution in [0.3, 0.4) is 0 Å². The van der Waals surface area contributed by atoms with E-state index in [4.69, 9.17) is 7.85 Å². The Kier molecular flexibility index (Phi) is 3.49. The van der Waals surface area contributed by atoms with Gasteiger partial charge in [-0.25, -0.2) is 0 Å². The van der Waals surface area contributed by atoms with Crippen molar-refractivity contribution < 1.29 is 0 Å². The Hall–Kier alpha value is -1.03. The minimum atomic E-state index is 0.640. The van der Waals surface area contributed by atoms with Crippen LogP contribution in [0.25, 0.3) is 0 Å². The number of piperazine rings is 1. The molecule has 1 aromatic rings. The molecule has 2 heterocycles. The molecule has 1 aliphatic rings. The molecule has 4 heteroatoms. The number of nitrogens with zero attached hydrogens (tertiary/aromatic N) is 3. The average Bonchev–Trinajstić information content (AvgIpc) is 2.29. The van der Waals surface area contributed by atoms with E-state index in [1.807, 2.05) is 12.3 Å². The van der Waals surface area contributed by atoms with Crippen LogP contribution in [-0.2, 0) is 0 Å². The zero-order valence-corrected chi connectivity index (χ0v) is 10.1. The van der Waals surface area contributed by atoms with Crippen molar-refractivity contribution in [2.24, 2.45) is 0 Å². The molecule has 0 unspecified atom stereocenters. The summed E-state index contributed by atoms with van der Waals surface area (Å²) in [6.07, 6.45) is 3.58. The average molecular weight is 215 g/mol. The minimum absolute atomic E-state index is 0.640. The first-order valence-electron chi connectivity index (χ1n) is 5.86. The van der Waals surface area contributed by atoms with Gasteiger partial charge in [0.2, 0.25) is 0 Å². The highest BCUT2D eigenvalue weighted by Gasteiger charge is 2.18. The fourth-order valence-electron chi connectivity index (χ4n) is 2.11. The van der Waals surface area contributed by atoms with Gasteiger partial charge >= 0.3 is 0 Å². The number of rotatable bonds is 2. The molecule has 0 aromatic carbocycles. The maximum absolute atomic E-state index is 5.74. The van der Waals surface area contributed by atoms with Gasteiger partial charge in [0.25, 0.3) is 0 Å². The normalized spacial score (nSPS) is 18.1. The summed E-state index contributed by atoms with van der Waals surface area (Å²) in [6, 6.07) is 2.64.